The zero-order valence-corrected chi connectivity index (χ0v) is 18.7. The fourth-order valence-corrected chi connectivity index (χ4v) is 5.37. The number of rotatable bonds is 4. The number of nitrogens with zero attached hydrogens (tertiary/aromatic N) is 4. The zero-order valence-electron chi connectivity index (χ0n) is 18.7. The number of likely N-dealkylation sites (N-methyl/N-ethyl adjacent to an activating group) is 1. The Morgan fingerprint density at radius 3 is 2.52 bits per heavy atom. The fraction of sp³-hybridized carbons (Fsp3) is 0.462. The van der Waals surface area contributed by atoms with Gasteiger partial charge >= 0.3 is 0 Å². The monoisotopic (exact) mass is 414 g/mol. The van der Waals surface area contributed by atoms with Gasteiger partial charge in [-0.05, 0) is 51.4 Å². The van der Waals surface area contributed by atoms with Gasteiger partial charge in [0.1, 0.15) is 11.6 Å². The normalized spacial score (nSPS) is 19.6. The number of fused-ring (bicyclic) bond motifs is 1. The topological polar surface area (TPSA) is 56.3 Å². The van der Waals surface area contributed by atoms with Crippen LogP contribution in [0.15, 0.2) is 34.7 Å². The van der Waals surface area contributed by atoms with E-state index in [1.165, 1.54) is 12.8 Å². The molecule has 160 valence electrons. The molecular weight excluding hydrogens is 384 g/mol. The lowest BCUT2D eigenvalue weighted by Crippen LogP contribution is -2.31. The summed E-state index contributed by atoms with van der Waals surface area (Å²) in [7, 11) is 4.30. The first-order chi connectivity index (χ1) is 15.1. The summed E-state index contributed by atoms with van der Waals surface area (Å²) in [4.78, 5) is 9.68. The van der Waals surface area contributed by atoms with Crippen molar-refractivity contribution in [1.82, 2.24) is 9.88 Å². The second-order valence-corrected chi connectivity index (χ2v) is 9.26. The Morgan fingerprint density at radius 2 is 1.87 bits per heavy atom. The number of oxazole rings is 1. The van der Waals surface area contributed by atoms with Crippen molar-refractivity contribution in [2.45, 2.75) is 51.0 Å². The molecule has 2 aliphatic rings. The van der Waals surface area contributed by atoms with Gasteiger partial charge in [0.25, 0.3) is 0 Å². The first-order valence-electron chi connectivity index (χ1n) is 11.4. The number of hydrogen-bond donors (Lipinski definition) is 0. The molecule has 2 fully saturated rings. The van der Waals surface area contributed by atoms with E-state index < -0.39 is 0 Å². The van der Waals surface area contributed by atoms with E-state index in [-0.39, 0.29) is 0 Å². The van der Waals surface area contributed by atoms with E-state index in [0.29, 0.717) is 17.5 Å². The molecule has 0 radical (unpaired) electrons. The van der Waals surface area contributed by atoms with Crippen molar-refractivity contribution < 1.29 is 4.42 Å². The third-order valence-electron chi connectivity index (χ3n) is 7.17. The maximum Gasteiger partial charge on any atom is 0.198 e. The lowest BCUT2D eigenvalue weighted by Gasteiger charge is -2.25. The molecule has 1 aromatic heterocycles. The van der Waals surface area contributed by atoms with Crippen molar-refractivity contribution in [1.29, 1.82) is 5.26 Å². The highest BCUT2D eigenvalue weighted by Crippen LogP contribution is 2.45. The molecule has 3 aromatic rings. The Hall–Kier alpha value is -2.84. The second-order valence-electron chi connectivity index (χ2n) is 9.26. The van der Waals surface area contributed by atoms with Crippen LogP contribution in [0, 0.1) is 18.3 Å². The maximum absolute atomic E-state index is 10.1. The quantitative estimate of drug-likeness (QED) is 0.566. The van der Waals surface area contributed by atoms with Gasteiger partial charge in [-0.3, -0.25) is 0 Å². The van der Waals surface area contributed by atoms with E-state index in [9.17, 15) is 5.26 Å². The highest BCUT2D eigenvalue weighted by molar-refractivity contribution is 6.02. The average Bonchev–Trinajstić information content (AvgIpc) is 3.53. The molecule has 1 aliphatic heterocycles. The van der Waals surface area contributed by atoms with Gasteiger partial charge in [-0.2, -0.15) is 5.26 Å². The number of nitriles is 1. The van der Waals surface area contributed by atoms with Crippen molar-refractivity contribution in [3.63, 3.8) is 0 Å². The molecule has 1 atom stereocenters. The SMILES string of the molecule is Cc1c(-c2ccccc2)c(N2CC[C@H](N(C)C)C2)c2oc(C3CCCC3)nc2c1C#N. The van der Waals surface area contributed by atoms with Gasteiger partial charge in [0.2, 0.25) is 0 Å². The minimum Gasteiger partial charge on any atom is -0.438 e. The van der Waals surface area contributed by atoms with Gasteiger partial charge in [-0.25, -0.2) is 4.98 Å². The average molecular weight is 415 g/mol. The zero-order chi connectivity index (χ0) is 21.5. The van der Waals surface area contributed by atoms with E-state index in [0.717, 1.165) is 71.7 Å². The molecule has 5 heteroatoms. The highest BCUT2D eigenvalue weighted by Gasteiger charge is 2.33. The summed E-state index contributed by atoms with van der Waals surface area (Å²) in [5.41, 5.74) is 6.52. The Labute approximate surface area is 184 Å². The summed E-state index contributed by atoms with van der Waals surface area (Å²) in [5.74, 6) is 1.19. The first-order valence-corrected chi connectivity index (χ1v) is 11.4. The third-order valence-corrected chi connectivity index (χ3v) is 7.17. The summed E-state index contributed by atoms with van der Waals surface area (Å²) < 4.78 is 6.53. The van der Waals surface area contributed by atoms with Gasteiger partial charge < -0.3 is 14.2 Å². The molecule has 0 N–H and O–H groups in total. The van der Waals surface area contributed by atoms with E-state index in [1.54, 1.807) is 0 Å². The van der Waals surface area contributed by atoms with Crippen LogP contribution in [0.4, 0.5) is 5.69 Å². The van der Waals surface area contributed by atoms with Crippen LogP contribution in [-0.4, -0.2) is 43.1 Å². The van der Waals surface area contributed by atoms with Crippen molar-refractivity contribution in [3.8, 4) is 17.2 Å². The summed E-state index contributed by atoms with van der Waals surface area (Å²) in [6.07, 6.45) is 5.83. The second kappa shape index (κ2) is 8.01. The molecule has 0 spiro atoms. The molecule has 1 saturated carbocycles. The minimum atomic E-state index is 0.375. The Balaban J connectivity index is 1.77. The van der Waals surface area contributed by atoms with Crippen LogP contribution in [0.5, 0.6) is 0 Å². The van der Waals surface area contributed by atoms with Gasteiger partial charge in [0.05, 0.1) is 11.3 Å². The summed E-state index contributed by atoms with van der Waals surface area (Å²) in [5, 5.41) is 10.1. The van der Waals surface area contributed by atoms with Gasteiger partial charge in [-0.15, -0.1) is 0 Å². The van der Waals surface area contributed by atoms with Crippen LogP contribution >= 0.6 is 0 Å². The van der Waals surface area contributed by atoms with E-state index in [2.05, 4.69) is 61.2 Å². The molecule has 31 heavy (non-hydrogen) atoms. The molecule has 2 aromatic carbocycles. The molecule has 0 amide bonds. The molecule has 1 aliphatic carbocycles. The predicted octanol–water partition coefficient (Wildman–Crippen LogP) is 5.47. The van der Waals surface area contributed by atoms with Crippen LogP contribution in [0.2, 0.25) is 0 Å². The van der Waals surface area contributed by atoms with Crippen molar-refractivity contribution >= 4 is 16.8 Å². The van der Waals surface area contributed by atoms with E-state index in [4.69, 9.17) is 9.40 Å². The molecule has 5 nitrogen and oxygen atoms in total. The van der Waals surface area contributed by atoms with Crippen molar-refractivity contribution in [2.24, 2.45) is 0 Å². The molecular formula is C26H30N4O. The molecule has 0 bridgehead atoms. The van der Waals surface area contributed by atoms with Gasteiger partial charge in [0.15, 0.2) is 11.5 Å². The van der Waals surface area contributed by atoms with Crippen LogP contribution in [-0.2, 0) is 0 Å². The molecule has 5 rings (SSSR count). The maximum atomic E-state index is 10.1. The largest absolute Gasteiger partial charge is 0.438 e. The van der Waals surface area contributed by atoms with Gasteiger partial charge in [-0.1, -0.05) is 43.2 Å². The fourth-order valence-electron chi connectivity index (χ4n) is 5.37. The number of anilines is 1. The molecule has 0 unspecified atom stereocenters. The Morgan fingerprint density at radius 1 is 1.13 bits per heavy atom. The lowest BCUT2D eigenvalue weighted by atomic mass is 9.93. The Kier molecular flexibility index (Phi) is 5.19. The smallest absolute Gasteiger partial charge is 0.198 e. The van der Waals surface area contributed by atoms with Crippen LogP contribution < -0.4 is 4.90 Å². The van der Waals surface area contributed by atoms with E-state index in [1.807, 2.05) is 6.07 Å². The minimum absolute atomic E-state index is 0.375. The van der Waals surface area contributed by atoms with Crippen molar-refractivity contribution in [2.75, 3.05) is 32.1 Å². The molecule has 1 saturated heterocycles. The van der Waals surface area contributed by atoms with Crippen molar-refractivity contribution in [3.05, 3.63) is 47.3 Å². The summed E-state index contributed by atoms with van der Waals surface area (Å²) >= 11 is 0. The standard InChI is InChI=1S/C26H30N4O/c1-17-21(15-27)23-25(31-26(28-23)19-11-7-8-12-19)24(22(17)18-9-5-4-6-10-18)30-14-13-20(16-30)29(2)3/h4-6,9-10,19-20H,7-8,11-14,16H2,1-3H3/t20-/m0/s1. The van der Waals surface area contributed by atoms with Crippen LogP contribution in [0.3, 0.4) is 0 Å². The summed E-state index contributed by atoms with van der Waals surface area (Å²) in [6.45, 7) is 3.99. The lowest BCUT2D eigenvalue weighted by molar-refractivity contribution is 0.315. The molecule has 2 heterocycles. The van der Waals surface area contributed by atoms with E-state index >= 15 is 0 Å². The predicted molar refractivity (Wildman–Crippen MR) is 124 cm³/mol. The van der Waals surface area contributed by atoms with Crippen LogP contribution in [0.25, 0.3) is 22.2 Å². The number of hydrogen-bond acceptors (Lipinski definition) is 5. The number of benzene rings is 2. The highest BCUT2D eigenvalue weighted by atomic mass is 16.3. The summed E-state index contributed by atoms with van der Waals surface area (Å²) in [6, 6.07) is 13.4. The van der Waals surface area contributed by atoms with Gasteiger partial charge in [0, 0.05) is 30.6 Å². The Bertz CT molecular complexity index is 1140. The first kappa shape index (κ1) is 20.1. The van der Waals surface area contributed by atoms with Crippen LogP contribution in [0.1, 0.15) is 55.0 Å². The number of aromatic nitrogens is 1. The third kappa shape index (κ3) is 3.40.